The maximum Gasteiger partial charge on any atom is 0.244 e. The van der Waals surface area contributed by atoms with E-state index in [-0.39, 0.29) is 12.5 Å². The molecule has 0 aromatic heterocycles. The second-order valence-corrected chi connectivity index (χ2v) is 8.26. The average molecular weight is 415 g/mol. The molecule has 30 heavy (non-hydrogen) atoms. The summed E-state index contributed by atoms with van der Waals surface area (Å²) in [4.78, 5) is 23.6. The molecule has 7 nitrogen and oxygen atoms in total. The number of hydrogen-bond acceptors (Lipinski definition) is 4. The molecular weight excluding hydrogens is 376 g/mol. The molecule has 1 amide bonds. The standard InChI is InChI=1S/C23H38N6O/c1-4-24-23(26-18-22(30)29-11-5-6-12-29)25-10-13-27-14-16-28(17-15-27)21-9-7-8-19(2)20(21)3/h7-9H,4-6,10-18H2,1-3H3,(H2,24,25,26). The summed E-state index contributed by atoms with van der Waals surface area (Å²) >= 11 is 0. The summed E-state index contributed by atoms with van der Waals surface area (Å²) in [7, 11) is 0. The zero-order valence-electron chi connectivity index (χ0n) is 18.9. The molecule has 0 radical (unpaired) electrons. The summed E-state index contributed by atoms with van der Waals surface area (Å²) in [5.74, 6) is 0.867. The van der Waals surface area contributed by atoms with Gasteiger partial charge in [0, 0.05) is 64.6 Å². The Morgan fingerprint density at radius 3 is 2.47 bits per heavy atom. The average Bonchev–Trinajstić information content (AvgIpc) is 3.29. The fourth-order valence-electron chi connectivity index (χ4n) is 4.18. The predicted octanol–water partition coefficient (Wildman–Crippen LogP) is 1.60. The molecule has 2 N–H and O–H groups in total. The number of nitrogens with one attached hydrogen (secondary N) is 2. The van der Waals surface area contributed by atoms with Crippen molar-refractivity contribution >= 4 is 17.6 Å². The molecule has 2 aliphatic rings. The first kappa shape index (κ1) is 22.4. The number of carbonyl (C=O) groups excluding carboxylic acids is 1. The van der Waals surface area contributed by atoms with Crippen LogP contribution in [0.4, 0.5) is 5.69 Å². The van der Waals surface area contributed by atoms with Crippen molar-refractivity contribution in [3.05, 3.63) is 29.3 Å². The van der Waals surface area contributed by atoms with E-state index in [1.54, 1.807) is 0 Å². The number of anilines is 1. The number of carbonyl (C=O) groups is 1. The highest BCUT2D eigenvalue weighted by Crippen LogP contribution is 2.23. The van der Waals surface area contributed by atoms with Gasteiger partial charge in [-0.15, -0.1) is 0 Å². The first-order valence-corrected chi connectivity index (χ1v) is 11.4. The number of rotatable bonds is 7. The van der Waals surface area contributed by atoms with Gasteiger partial charge in [0.1, 0.15) is 6.54 Å². The highest BCUT2D eigenvalue weighted by molar-refractivity contribution is 5.85. The lowest BCUT2D eigenvalue weighted by atomic mass is 10.1. The second-order valence-electron chi connectivity index (χ2n) is 8.26. The third kappa shape index (κ3) is 6.11. The van der Waals surface area contributed by atoms with Crippen molar-refractivity contribution in [2.75, 3.05) is 70.3 Å². The van der Waals surface area contributed by atoms with E-state index in [1.165, 1.54) is 16.8 Å². The zero-order chi connectivity index (χ0) is 21.3. The molecule has 0 unspecified atom stereocenters. The number of aryl methyl sites for hydroxylation is 1. The molecule has 2 fully saturated rings. The summed E-state index contributed by atoms with van der Waals surface area (Å²) < 4.78 is 0. The molecule has 0 spiro atoms. The van der Waals surface area contributed by atoms with E-state index in [1.807, 2.05) is 11.8 Å². The first-order chi connectivity index (χ1) is 14.6. The SMILES string of the molecule is CCNC(=NCC(=O)N1CCCC1)NCCN1CCN(c2cccc(C)c2C)CC1. The normalized spacial score (nSPS) is 18.0. The van der Waals surface area contributed by atoms with Crippen molar-refractivity contribution < 1.29 is 4.79 Å². The van der Waals surface area contributed by atoms with Crippen molar-refractivity contribution in [1.29, 1.82) is 0 Å². The van der Waals surface area contributed by atoms with Gasteiger partial charge in [0.05, 0.1) is 0 Å². The van der Waals surface area contributed by atoms with Crippen molar-refractivity contribution in [2.45, 2.75) is 33.6 Å². The van der Waals surface area contributed by atoms with E-state index in [0.29, 0.717) is 0 Å². The van der Waals surface area contributed by atoms with Crippen LogP contribution in [0, 0.1) is 13.8 Å². The Morgan fingerprint density at radius 2 is 1.77 bits per heavy atom. The fourth-order valence-corrected chi connectivity index (χ4v) is 4.18. The lowest BCUT2D eigenvalue weighted by Crippen LogP contribution is -2.49. The van der Waals surface area contributed by atoms with Gasteiger partial charge in [-0.25, -0.2) is 4.99 Å². The number of likely N-dealkylation sites (tertiary alicyclic amines) is 1. The monoisotopic (exact) mass is 414 g/mol. The van der Waals surface area contributed by atoms with Gasteiger partial charge in [0.15, 0.2) is 5.96 Å². The summed E-state index contributed by atoms with van der Waals surface area (Å²) in [5.41, 5.74) is 4.12. The van der Waals surface area contributed by atoms with E-state index in [0.717, 1.165) is 77.7 Å². The second kappa shape index (κ2) is 11.2. The van der Waals surface area contributed by atoms with Gasteiger partial charge in [-0.3, -0.25) is 9.69 Å². The Labute approximate surface area is 181 Å². The first-order valence-electron chi connectivity index (χ1n) is 11.4. The molecule has 0 aliphatic carbocycles. The zero-order valence-corrected chi connectivity index (χ0v) is 18.9. The third-order valence-electron chi connectivity index (χ3n) is 6.18. The topological polar surface area (TPSA) is 63.2 Å². The van der Waals surface area contributed by atoms with Crippen LogP contribution in [0.15, 0.2) is 23.2 Å². The number of guanidine groups is 1. The molecule has 0 saturated carbocycles. The van der Waals surface area contributed by atoms with Gasteiger partial charge in [0.25, 0.3) is 0 Å². The van der Waals surface area contributed by atoms with Crippen LogP contribution in [0.1, 0.15) is 30.9 Å². The molecule has 2 heterocycles. The molecule has 0 atom stereocenters. The lowest BCUT2D eigenvalue weighted by molar-refractivity contribution is -0.128. The van der Waals surface area contributed by atoms with Crippen LogP contribution in [0.3, 0.4) is 0 Å². The van der Waals surface area contributed by atoms with Gasteiger partial charge in [-0.2, -0.15) is 0 Å². The Morgan fingerprint density at radius 1 is 1.03 bits per heavy atom. The van der Waals surface area contributed by atoms with E-state index < -0.39 is 0 Å². The summed E-state index contributed by atoms with van der Waals surface area (Å²) in [6.45, 7) is 15.3. The van der Waals surface area contributed by atoms with E-state index >= 15 is 0 Å². The highest BCUT2D eigenvalue weighted by atomic mass is 16.2. The summed E-state index contributed by atoms with van der Waals surface area (Å²) in [6.07, 6.45) is 2.23. The van der Waals surface area contributed by atoms with Gasteiger partial charge in [0.2, 0.25) is 5.91 Å². The molecule has 2 aliphatic heterocycles. The maximum absolute atomic E-state index is 12.2. The molecule has 2 saturated heterocycles. The molecule has 3 rings (SSSR count). The minimum atomic E-state index is 0.132. The van der Waals surface area contributed by atoms with Crippen molar-refractivity contribution in [3.63, 3.8) is 0 Å². The van der Waals surface area contributed by atoms with Gasteiger partial charge < -0.3 is 20.4 Å². The van der Waals surface area contributed by atoms with Crippen LogP contribution in [-0.4, -0.2) is 87.1 Å². The van der Waals surface area contributed by atoms with Crippen LogP contribution >= 0.6 is 0 Å². The fraction of sp³-hybridized carbons (Fsp3) is 0.652. The van der Waals surface area contributed by atoms with E-state index in [4.69, 9.17) is 0 Å². The summed E-state index contributed by atoms with van der Waals surface area (Å²) in [6, 6.07) is 6.58. The smallest absolute Gasteiger partial charge is 0.244 e. The Kier molecular flexibility index (Phi) is 8.37. The number of hydrogen-bond donors (Lipinski definition) is 2. The third-order valence-corrected chi connectivity index (χ3v) is 6.18. The van der Waals surface area contributed by atoms with Crippen molar-refractivity contribution in [2.24, 2.45) is 4.99 Å². The molecule has 7 heteroatoms. The summed E-state index contributed by atoms with van der Waals surface area (Å²) in [5, 5.41) is 6.63. The van der Waals surface area contributed by atoms with Crippen LogP contribution in [0.5, 0.6) is 0 Å². The van der Waals surface area contributed by atoms with E-state index in [9.17, 15) is 4.79 Å². The molecule has 1 aromatic rings. The Balaban J connectivity index is 1.41. The quantitative estimate of drug-likeness (QED) is 0.524. The molecule has 166 valence electrons. The van der Waals surface area contributed by atoms with Gasteiger partial charge >= 0.3 is 0 Å². The lowest BCUT2D eigenvalue weighted by Gasteiger charge is -2.37. The Hall–Kier alpha value is -2.28. The van der Waals surface area contributed by atoms with Crippen molar-refractivity contribution in [1.82, 2.24) is 20.4 Å². The number of benzene rings is 1. The molecule has 1 aromatic carbocycles. The minimum Gasteiger partial charge on any atom is -0.369 e. The number of aliphatic imine (C=N–C) groups is 1. The van der Waals surface area contributed by atoms with Gasteiger partial charge in [-0.05, 0) is 50.8 Å². The van der Waals surface area contributed by atoms with Crippen LogP contribution in [0.25, 0.3) is 0 Å². The number of nitrogens with zero attached hydrogens (tertiary/aromatic N) is 4. The maximum atomic E-state index is 12.2. The highest BCUT2D eigenvalue weighted by Gasteiger charge is 2.19. The molecular formula is C23H38N6O. The van der Waals surface area contributed by atoms with Crippen LogP contribution in [0.2, 0.25) is 0 Å². The Bertz CT molecular complexity index is 720. The minimum absolute atomic E-state index is 0.132. The van der Waals surface area contributed by atoms with Crippen molar-refractivity contribution in [3.8, 4) is 0 Å². The molecule has 0 bridgehead atoms. The largest absolute Gasteiger partial charge is 0.369 e. The number of piperazine rings is 1. The van der Waals surface area contributed by atoms with Crippen LogP contribution < -0.4 is 15.5 Å². The van der Waals surface area contributed by atoms with E-state index in [2.05, 4.69) is 57.5 Å². The van der Waals surface area contributed by atoms with Gasteiger partial charge in [-0.1, -0.05) is 12.1 Å². The number of amides is 1. The predicted molar refractivity (Wildman–Crippen MR) is 124 cm³/mol. The van der Waals surface area contributed by atoms with Crippen LogP contribution in [-0.2, 0) is 4.79 Å².